The molecule has 0 aliphatic rings. The summed E-state index contributed by atoms with van der Waals surface area (Å²) in [4.78, 5) is 16.3. The van der Waals surface area contributed by atoms with Gasteiger partial charge in [-0.25, -0.2) is 18.1 Å². The molecule has 2 aromatic rings. The van der Waals surface area contributed by atoms with Crippen molar-refractivity contribution in [1.29, 1.82) is 0 Å². The molecule has 0 radical (unpaired) electrons. The van der Waals surface area contributed by atoms with Crippen molar-refractivity contribution >= 4 is 27.3 Å². The Kier molecular flexibility index (Phi) is 5.86. The van der Waals surface area contributed by atoms with Gasteiger partial charge in [0.25, 0.3) is 0 Å². The molecular formula is C15H18N2O4S2. The molecule has 1 aromatic carbocycles. The fourth-order valence-corrected chi connectivity index (χ4v) is 4.22. The van der Waals surface area contributed by atoms with Crippen LogP contribution in [0.5, 0.6) is 0 Å². The molecule has 8 heteroatoms. The fourth-order valence-electron chi connectivity index (χ4n) is 2.10. The van der Waals surface area contributed by atoms with Crippen LogP contribution in [0.4, 0.5) is 0 Å². The number of rotatable bonds is 8. The van der Waals surface area contributed by atoms with Gasteiger partial charge in [0.1, 0.15) is 6.04 Å². The van der Waals surface area contributed by atoms with Gasteiger partial charge in [0.15, 0.2) is 0 Å². The summed E-state index contributed by atoms with van der Waals surface area (Å²) in [5.41, 5.74) is 3.24. The summed E-state index contributed by atoms with van der Waals surface area (Å²) in [6.07, 6.45) is 0.429. The quantitative estimate of drug-likeness (QED) is 0.751. The van der Waals surface area contributed by atoms with Crippen LogP contribution >= 0.6 is 11.3 Å². The molecule has 6 nitrogen and oxygen atoms in total. The maximum absolute atomic E-state index is 12.2. The minimum absolute atomic E-state index is 0.106. The number of hydrogen-bond acceptors (Lipinski definition) is 5. The molecule has 0 fully saturated rings. The number of benzene rings is 1. The normalized spacial score (nSPS) is 12.9. The Morgan fingerprint density at radius 3 is 2.61 bits per heavy atom. The van der Waals surface area contributed by atoms with Crippen molar-refractivity contribution in [3.8, 4) is 0 Å². The number of hydrogen-bond donors (Lipinski definition) is 2. The van der Waals surface area contributed by atoms with Crippen molar-refractivity contribution in [3.05, 3.63) is 52.0 Å². The highest BCUT2D eigenvalue weighted by atomic mass is 32.2. The van der Waals surface area contributed by atoms with Crippen LogP contribution in [0.15, 0.2) is 35.8 Å². The van der Waals surface area contributed by atoms with E-state index in [1.807, 2.05) is 13.0 Å². The van der Waals surface area contributed by atoms with E-state index in [-0.39, 0.29) is 12.2 Å². The first-order chi connectivity index (χ1) is 10.9. The predicted octanol–water partition coefficient (Wildman–Crippen LogP) is 1.61. The van der Waals surface area contributed by atoms with E-state index in [1.54, 1.807) is 29.8 Å². The molecule has 2 rings (SSSR count). The molecule has 2 N–H and O–H groups in total. The predicted molar refractivity (Wildman–Crippen MR) is 89.0 cm³/mol. The molecule has 1 atom stereocenters. The third kappa shape index (κ3) is 5.42. The van der Waals surface area contributed by atoms with Crippen LogP contribution in [-0.4, -0.2) is 36.3 Å². The lowest BCUT2D eigenvalue weighted by Gasteiger charge is -2.14. The van der Waals surface area contributed by atoms with Gasteiger partial charge in [-0.15, -0.1) is 11.3 Å². The van der Waals surface area contributed by atoms with Gasteiger partial charge >= 0.3 is 5.97 Å². The number of nitrogens with zero attached hydrogens (tertiary/aromatic N) is 1. The number of sulfonamides is 1. The van der Waals surface area contributed by atoms with Gasteiger partial charge in [-0.05, 0) is 25.3 Å². The van der Waals surface area contributed by atoms with Gasteiger partial charge in [-0.1, -0.05) is 30.3 Å². The lowest BCUT2D eigenvalue weighted by Crippen LogP contribution is -2.43. The molecule has 0 saturated heterocycles. The van der Waals surface area contributed by atoms with Crippen LogP contribution < -0.4 is 4.72 Å². The van der Waals surface area contributed by atoms with Crippen molar-refractivity contribution in [2.24, 2.45) is 0 Å². The molecule has 0 aliphatic carbocycles. The second kappa shape index (κ2) is 7.67. The number of carbonyl (C=O) groups is 1. The van der Waals surface area contributed by atoms with Crippen LogP contribution in [0.25, 0.3) is 0 Å². The van der Waals surface area contributed by atoms with Crippen LogP contribution in [0, 0.1) is 6.92 Å². The molecule has 0 amide bonds. The van der Waals surface area contributed by atoms with Crippen molar-refractivity contribution in [3.63, 3.8) is 0 Å². The van der Waals surface area contributed by atoms with Crippen molar-refractivity contribution < 1.29 is 18.3 Å². The topological polar surface area (TPSA) is 96.4 Å². The number of carboxylic acid groups (broad SMARTS) is 1. The first kappa shape index (κ1) is 17.6. The molecule has 0 saturated carbocycles. The Hall–Kier alpha value is -1.77. The zero-order valence-corrected chi connectivity index (χ0v) is 14.2. The van der Waals surface area contributed by atoms with E-state index in [9.17, 15) is 18.3 Å². The Bertz CT molecular complexity index is 757. The van der Waals surface area contributed by atoms with Crippen LogP contribution in [0.2, 0.25) is 0 Å². The highest BCUT2D eigenvalue weighted by Crippen LogP contribution is 2.13. The Morgan fingerprint density at radius 2 is 2.04 bits per heavy atom. The van der Waals surface area contributed by atoms with Crippen LogP contribution in [0.3, 0.4) is 0 Å². The summed E-state index contributed by atoms with van der Waals surface area (Å²) in [7, 11) is -3.69. The van der Waals surface area contributed by atoms with E-state index in [1.165, 1.54) is 11.3 Å². The number of thiazole rings is 1. The number of nitrogens with one attached hydrogen (secondary N) is 1. The molecular weight excluding hydrogens is 336 g/mol. The Morgan fingerprint density at radius 1 is 1.35 bits per heavy atom. The fraction of sp³-hybridized carbons (Fsp3) is 0.333. The maximum atomic E-state index is 12.2. The summed E-state index contributed by atoms with van der Waals surface area (Å²) in [6.45, 7) is 1.82. The lowest BCUT2D eigenvalue weighted by atomic mass is 10.1. The summed E-state index contributed by atoms with van der Waals surface area (Å²) in [5.74, 6) is -1.35. The van der Waals surface area contributed by atoms with E-state index < -0.39 is 22.0 Å². The summed E-state index contributed by atoms with van der Waals surface area (Å²) < 4.78 is 26.6. The standard InChI is InChI=1S/C15H18N2O4S2/c1-11-14(22-10-16-11)7-8-23(20,21)17-13(15(18)19)9-12-5-3-2-4-6-12/h2-6,10,13,17H,7-9H2,1H3,(H,18,19)/t13-/m1/s1. The third-order valence-corrected chi connectivity index (χ3v) is 5.73. The van der Waals surface area contributed by atoms with E-state index >= 15 is 0 Å². The zero-order chi connectivity index (χ0) is 16.9. The van der Waals surface area contributed by atoms with Crippen molar-refractivity contribution in [2.45, 2.75) is 25.8 Å². The number of aromatic nitrogens is 1. The van der Waals surface area contributed by atoms with Gasteiger partial charge in [0.2, 0.25) is 10.0 Å². The lowest BCUT2D eigenvalue weighted by molar-refractivity contribution is -0.138. The third-order valence-electron chi connectivity index (χ3n) is 3.35. The highest BCUT2D eigenvalue weighted by molar-refractivity contribution is 7.89. The van der Waals surface area contributed by atoms with Crippen LogP contribution in [-0.2, 0) is 27.7 Å². The SMILES string of the molecule is Cc1ncsc1CCS(=O)(=O)N[C@H](Cc1ccccc1)C(=O)O. The summed E-state index contributed by atoms with van der Waals surface area (Å²) in [5, 5.41) is 9.26. The molecule has 23 heavy (non-hydrogen) atoms. The first-order valence-corrected chi connectivity index (χ1v) is 9.56. The summed E-state index contributed by atoms with van der Waals surface area (Å²) in [6, 6.07) is 7.76. The highest BCUT2D eigenvalue weighted by Gasteiger charge is 2.24. The van der Waals surface area contributed by atoms with Gasteiger partial charge in [-0.3, -0.25) is 4.79 Å². The minimum Gasteiger partial charge on any atom is -0.480 e. The van der Waals surface area contributed by atoms with Crippen molar-refractivity contribution in [2.75, 3.05) is 5.75 Å². The molecule has 0 spiro atoms. The van der Waals surface area contributed by atoms with E-state index in [0.717, 1.165) is 16.1 Å². The minimum atomic E-state index is -3.69. The monoisotopic (exact) mass is 354 g/mol. The molecule has 0 aliphatic heterocycles. The molecule has 0 unspecified atom stereocenters. The van der Waals surface area contributed by atoms with Crippen LogP contribution in [0.1, 0.15) is 16.1 Å². The van der Waals surface area contributed by atoms with Gasteiger partial charge in [0, 0.05) is 4.88 Å². The van der Waals surface area contributed by atoms with Gasteiger partial charge < -0.3 is 5.11 Å². The zero-order valence-electron chi connectivity index (χ0n) is 12.6. The molecule has 1 aromatic heterocycles. The molecule has 124 valence electrons. The van der Waals surface area contributed by atoms with Gasteiger partial charge in [-0.2, -0.15) is 0 Å². The average Bonchev–Trinajstić information content (AvgIpc) is 2.91. The van der Waals surface area contributed by atoms with E-state index in [4.69, 9.17) is 0 Å². The van der Waals surface area contributed by atoms with Crippen molar-refractivity contribution in [1.82, 2.24) is 9.71 Å². The van der Waals surface area contributed by atoms with E-state index in [2.05, 4.69) is 9.71 Å². The molecule has 0 bridgehead atoms. The maximum Gasteiger partial charge on any atom is 0.322 e. The largest absolute Gasteiger partial charge is 0.480 e. The van der Waals surface area contributed by atoms with Gasteiger partial charge in [0.05, 0.1) is 17.0 Å². The average molecular weight is 354 g/mol. The molecule has 1 heterocycles. The summed E-state index contributed by atoms with van der Waals surface area (Å²) >= 11 is 1.40. The smallest absolute Gasteiger partial charge is 0.322 e. The number of aryl methyl sites for hydroxylation is 2. The Labute approximate surface area is 139 Å². The second-order valence-corrected chi connectivity index (χ2v) is 7.94. The first-order valence-electron chi connectivity index (χ1n) is 7.03. The number of carboxylic acids is 1. The number of aliphatic carboxylic acids is 1. The Balaban J connectivity index is 2.00. The van der Waals surface area contributed by atoms with E-state index in [0.29, 0.717) is 6.42 Å². The second-order valence-electron chi connectivity index (χ2n) is 5.13.